The number of pyridine rings is 1. The van der Waals surface area contributed by atoms with Crippen LogP contribution < -0.4 is 10.6 Å². The van der Waals surface area contributed by atoms with Crippen molar-refractivity contribution in [2.75, 3.05) is 18.5 Å². The summed E-state index contributed by atoms with van der Waals surface area (Å²) in [6, 6.07) is 10.9. The lowest BCUT2D eigenvalue weighted by molar-refractivity contribution is -0.115. The summed E-state index contributed by atoms with van der Waals surface area (Å²) < 4.78 is 5.27. The standard InChI is InChI=1S/C21H20N6O3/c22-13-21(4-7-30-8-5-21)26-20(29)18-11-16(3-6-23-18)25-19(28)10-14-1-2-15-12-24-27-17(15)9-14/h1-3,6,9,11-12H,4-5,7-8,10H2,(H,24,27)(H,26,29)(H,23,25,28). The molecule has 9 heteroatoms. The number of nitrogens with one attached hydrogen (secondary N) is 3. The number of fused-ring (bicyclic) bond motifs is 1. The Balaban J connectivity index is 1.41. The van der Waals surface area contributed by atoms with Gasteiger partial charge in [0.25, 0.3) is 5.91 Å². The number of ether oxygens (including phenoxy) is 1. The highest BCUT2D eigenvalue weighted by Gasteiger charge is 2.34. The molecule has 2 amide bonds. The SMILES string of the molecule is N#CC1(NC(=O)c2cc(NC(=O)Cc3ccc4cn[nH]c4c3)ccn2)CCOCC1. The first-order valence-electron chi connectivity index (χ1n) is 9.56. The molecule has 0 radical (unpaired) electrons. The number of hydrogen-bond donors (Lipinski definition) is 3. The lowest BCUT2D eigenvalue weighted by atomic mass is 9.91. The molecule has 152 valence electrons. The molecule has 1 aromatic carbocycles. The van der Waals surface area contributed by atoms with E-state index in [1.807, 2.05) is 18.2 Å². The van der Waals surface area contributed by atoms with E-state index in [1.165, 1.54) is 12.3 Å². The van der Waals surface area contributed by atoms with Crippen molar-refractivity contribution >= 4 is 28.4 Å². The summed E-state index contributed by atoms with van der Waals surface area (Å²) in [4.78, 5) is 29.1. The average molecular weight is 404 g/mol. The lowest BCUT2D eigenvalue weighted by Gasteiger charge is -2.31. The molecule has 0 spiro atoms. The van der Waals surface area contributed by atoms with Gasteiger partial charge in [-0.25, -0.2) is 0 Å². The zero-order chi connectivity index (χ0) is 21.0. The van der Waals surface area contributed by atoms with E-state index in [0.717, 1.165) is 16.5 Å². The van der Waals surface area contributed by atoms with Crippen LogP contribution in [0.5, 0.6) is 0 Å². The van der Waals surface area contributed by atoms with E-state index in [-0.39, 0.29) is 18.0 Å². The minimum atomic E-state index is -0.957. The number of amides is 2. The van der Waals surface area contributed by atoms with Crippen LogP contribution in [0.25, 0.3) is 10.9 Å². The van der Waals surface area contributed by atoms with Gasteiger partial charge in [-0.05, 0) is 23.8 Å². The van der Waals surface area contributed by atoms with Crippen molar-refractivity contribution in [1.82, 2.24) is 20.5 Å². The normalized spacial score (nSPS) is 15.3. The Kier molecular flexibility index (Phi) is 5.41. The Morgan fingerprint density at radius 1 is 1.23 bits per heavy atom. The van der Waals surface area contributed by atoms with Crippen molar-refractivity contribution in [1.29, 1.82) is 5.26 Å². The molecule has 1 fully saturated rings. The molecule has 0 bridgehead atoms. The second-order valence-electron chi connectivity index (χ2n) is 7.21. The van der Waals surface area contributed by atoms with Crippen LogP contribution in [-0.2, 0) is 16.0 Å². The fourth-order valence-electron chi connectivity index (χ4n) is 3.38. The van der Waals surface area contributed by atoms with E-state index >= 15 is 0 Å². The van der Waals surface area contributed by atoms with Gasteiger partial charge in [0, 0.05) is 43.3 Å². The summed E-state index contributed by atoms with van der Waals surface area (Å²) in [5, 5.41) is 22.9. The summed E-state index contributed by atoms with van der Waals surface area (Å²) in [6.45, 7) is 0.837. The third-order valence-corrected chi connectivity index (χ3v) is 5.06. The monoisotopic (exact) mass is 404 g/mol. The number of aromatic amines is 1. The van der Waals surface area contributed by atoms with Crippen molar-refractivity contribution in [2.45, 2.75) is 24.8 Å². The number of benzene rings is 1. The number of anilines is 1. The van der Waals surface area contributed by atoms with Gasteiger partial charge in [-0.2, -0.15) is 10.4 Å². The molecule has 0 atom stereocenters. The summed E-state index contributed by atoms with van der Waals surface area (Å²) >= 11 is 0. The molecule has 4 rings (SSSR count). The molecule has 0 aliphatic carbocycles. The largest absolute Gasteiger partial charge is 0.381 e. The van der Waals surface area contributed by atoms with E-state index < -0.39 is 11.4 Å². The maximum Gasteiger partial charge on any atom is 0.271 e. The average Bonchev–Trinajstić information content (AvgIpc) is 3.22. The smallest absolute Gasteiger partial charge is 0.271 e. The number of hydrogen-bond acceptors (Lipinski definition) is 6. The molecule has 1 aliphatic rings. The highest BCUT2D eigenvalue weighted by Crippen LogP contribution is 2.21. The summed E-state index contributed by atoms with van der Waals surface area (Å²) in [5.74, 6) is -0.677. The Hall–Kier alpha value is -3.77. The van der Waals surface area contributed by atoms with E-state index in [4.69, 9.17) is 4.74 Å². The predicted octanol–water partition coefficient (Wildman–Crippen LogP) is 1.94. The number of H-pyrrole nitrogens is 1. The molecule has 0 unspecified atom stereocenters. The fourth-order valence-corrected chi connectivity index (χ4v) is 3.38. The molecule has 0 saturated carbocycles. The van der Waals surface area contributed by atoms with Gasteiger partial charge in [0.1, 0.15) is 11.2 Å². The molecule has 3 heterocycles. The van der Waals surface area contributed by atoms with Gasteiger partial charge >= 0.3 is 0 Å². The second-order valence-corrected chi connectivity index (χ2v) is 7.21. The molecule has 30 heavy (non-hydrogen) atoms. The zero-order valence-electron chi connectivity index (χ0n) is 16.1. The molecule has 2 aromatic heterocycles. The predicted molar refractivity (Wildman–Crippen MR) is 109 cm³/mol. The Morgan fingerprint density at radius 3 is 2.87 bits per heavy atom. The first kappa shape index (κ1) is 19.5. The van der Waals surface area contributed by atoms with Crippen LogP contribution in [0.3, 0.4) is 0 Å². The van der Waals surface area contributed by atoms with Crippen molar-refractivity contribution < 1.29 is 14.3 Å². The third-order valence-electron chi connectivity index (χ3n) is 5.06. The number of rotatable bonds is 5. The molecule has 1 aliphatic heterocycles. The summed E-state index contributed by atoms with van der Waals surface area (Å²) in [7, 11) is 0. The topological polar surface area (TPSA) is 133 Å². The molecule has 3 aromatic rings. The third kappa shape index (κ3) is 4.29. The Morgan fingerprint density at radius 2 is 2.07 bits per heavy atom. The molecule has 1 saturated heterocycles. The molecule has 3 N–H and O–H groups in total. The van der Waals surface area contributed by atoms with Gasteiger partial charge in [0.05, 0.1) is 24.2 Å². The Labute approximate surface area is 172 Å². The zero-order valence-corrected chi connectivity index (χ0v) is 16.1. The molecular formula is C21H20N6O3. The maximum atomic E-state index is 12.6. The van der Waals surface area contributed by atoms with Crippen molar-refractivity contribution in [3.63, 3.8) is 0 Å². The minimum absolute atomic E-state index is 0.132. The molecule has 9 nitrogen and oxygen atoms in total. The van der Waals surface area contributed by atoms with Crippen LogP contribution in [-0.4, -0.2) is 45.7 Å². The summed E-state index contributed by atoms with van der Waals surface area (Å²) in [6.07, 6.45) is 4.19. The van der Waals surface area contributed by atoms with Crippen LogP contribution in [0.15, 0.2) is 42.7 Å². The molecular weight excluding hydrogens is 384 g/mol. The van der Waals surface area contributed by atoms with Crippen LogP contribution in [0, 0.1) is 11.3 Å². The number of nitrogens with zero attached hydrogens (tertiary/aromatic N) is 3. The van der Waals surface area contributed by atoms with E-state index in [9.17, 15) is 14.9 Å². The van der Waals surface area contributed by atoms with Crippen molar-refractivity contribution in [2.24, 2.45) is 0 Å². The van der Waals surface area contributed by atoms with Gasteiger partial charge in [-0.3, -0.25) is 19.7 Å². The van der Waals surface area contributed by atoms with E-state index in [0.29, 0.717) is 31.7 Å². The van der Waals surface area contributed by atoms with Crippen LogP contribution in [0.2, 0.25) is 0 Å². The highest BCUT2D eigenvalue weighted by atomic mass is 16.5. The number of carbonyl (C=O) groups is 2. The first-order chi connectivity index (χ1) is 14.6. The van der Waals surface area contributed by atoms with Crippen molar-refractivity contribution in [3.05, 3.63) is 54.0 Å². The number of aromatic nitrogens is 3. The van der Waals surface area contributed by atoms with Gasteiger partial charge < -0.3 is 15.4 Å². The van der Waals surface area contributed by atoms with Crippen LogP contribution >= 0.6 is 0 Å². The first-order valence-corrected chi connectivity index (χ1v) is 9.56. The van der Waals surface area contributed by atoms with Crippen LogP contribution in [0.1, 0.15) is 28.9 Å². The van der Waals surface area contributed by atoms with Gasteiger partial charge in [0.2, 0.25) is 5.91 Å². The van der Waals surface area contributed by atoms with Crippen molar-refractivity contribution in [3.8, 4) is 6.07 Å². The minimum Gasteiger partial charge on any atom is -0.381 e. The number of carbonyl (C=O) groups excluding carboxylic acids is 2. The van der Waals surface area contributed by atoms with E-state index in [2.05, 4.69) is 31.9 Å². The van der Waals surface area contributed by atoms with Gasteiger partial charge in [-0.15, -0.1) is 0 Å². The maximum absolute atomic E-state index is 12.6. The van der Waals surface area contributed by atoms with E-state index in [1.54, 1.807) is 12.3 Å². The number of nitriles is 1. The lowest BCUT2D eigenvalue weighted by Crippen LogP contribution is -2.51. The van der Waals surface area contributed by atoms with Gasteiger partial charge in [-0.1, -0.05) is 12.1 Å². The highest BCUT2D eigenvalue weighted by molar-refractivity contribution is 5.97. The second kappa shape index (κ2) is 8.31. The Bertz CT molecular complexity index is 1130. The fraction of sp³-hybridized carbons (Fsp3) is 0.286. The van der Waals surface area contributed by atoms with Gasteiger partial charge in [0.15, 0.2) is 0 Å². The van der Waals surface area contributed by atoms with Crippen LogP contribution in [0.4, 0.5) is 5.69 Å². The summed E-state index contributed by atoms with van der Waals surface area (Å²) in [5.41, 5.74) is 1.34. The quantitative estimate of drug-likeness (QED) is 0.595.